The van der Waals surface area contributed by atoms with Gasteiger partial charge in [0.1, 0.15) is 0 Å². The predicted molar refractivity (Wildman–Crippen MR) is 51.7 cm³/mol. The van der Waals surface area contributed by atoms with Gasteiger partial charge in [0.2, 0.25) is 0 Å². The molecule has 4 nitrogen and oxygen atoms in total. The van der Waals surface area contributed by atoms with Gasteiger partial charge in [0.25, 0.3) is 0 Å². The number of rotatable bonds is 6. The van der Waals surface area contributed by atoms with Crippen LogP contribution in [-0.4, -0.2) is 26.2 Å². The quantitative estimate of drug-likeness (QED) is 0.613. The van der Waals surface area contributed by atoms with Crippen molar-refractivity contribution in [1.82, 2.24) is 0 Å². The molecule has 0 fully saturated rings. The first kappa shape index (κ1) is 12.9. The number of carbonyl (C=O) groups excluding carboxylic acids is 2. The highest BCUT2D eigenvalue weighted by Gasteiger charge is 2.22. The summed E-state index contributed by atoms with van der Waals surface area (Å²) in [7, 11) is 2.65. The van der Waals surface area contributed by atoms with Gasteiger partial charge in [-0.3, -0.25) is 9.59 Å². The molecular weight excluding hydrogens is 184 g/mol. The van der Waals surface area contributed by atoms with Gasteiger partial charge in [-0.05, 0) is 6.42 Å². The number of esters is 2. The normalized spacial score (nSPS) is 11.9. The smallest absolute Gasteiger partial charge is 0.309 e. The Kier molecular flexibility index (Phi) is 6.80. The van der Waals surface area contributed by atoms with E-state index in [1.165, 1.54) is 14.2 Å². The van der Waals surface area contributed by atoms with Crippen LogP contribution in [0.3, 0.4) is 0 Å². The molecule has 82 valence electrons. The average molecular weight is 202 g/mol. The van der Waals surface area contributed by atoms with Crippen LogP contribution in [0.5, 0.6) is 0 Å². The maximum Gasteiger partial charge on any atom is 0.309 e. The average Bonchev–Trinajstić information content (AvgIpc) is 2.22. The van der Waals surface area contributed by atoms with Crippen molar-refractivity contribution in [1.29, 1.82) is 0 Å². The van der Waals surface area contributed by atoms with Crippen LogP contribution >= 0.6 is 0 Å². The Hall–Kier alpha value is -1.06. The minimum absolute atomic E-state index is 0.114. The summed E-state index contributed by atoms with van der Waals surface area (Å²) in [5, 5.41) is 0. The second-order valence-corrected chi connectivity index (χ2v) is 3.14. The van der Waals surface area contributed by atoms with Crippen molar-refractivity contribution >= 4 is 11.9 Å². The molecule has 0 aromatic rings. The van der Waals surface area contributed by atoms with Crippen LogP contribution in [0.4, 0.5) is 0 Å². The summed E-state index contributed by atoms with van der Waals surface area (Å²) in [5.41, 5.74) is 0. The van der Waals surface area contributed by atoms with E-state index < -0.39 is 0 Å². The van der Waals surface area contributed by atoms with Crippen molar-refractivity contribution in [3.8, 4) is 0 Å². The Balaban J connectivity index is 4.09. The fourth-order valence-electron chi connectivity index (χ4n) is 1.20. The van der Waals surface area contributed by atoms with Crippen molar-refractivity contribution < 1.29 is 19.1 Å². The van der Waals surface area contributed by atoms with Crippen LogP contribution in [0.15, 0.2) is 0 Å². The van der Waals surface area contributed by atoms with Gasteiger partial charge in [-0.1, -0.05) is 19.8 Å². The second kappa shape index (κ2) is 7.35. The standard InChI is InChI=1S/C10H18O4/c1-4-5-6-8(10(12)14-3)7-9(11)13-2/h8H,4-7H2,1-3H3. The van der Waals surface area contributed by atoms with E-state index in [9.17, 15) is 9.59 Å². The molecule has 1 atom stereocenters. The molecule has 0 N–H and O–H groups in total. The molecule has 4 heteroatoms. The first-order chi connectivity index (χ1) is 6.65. The highest BCUT2D eigenvalue weighted by molar-refractivity contribution is 5.79. The van der Waals surface area contributed by atoms with E-state index in [0.29, 0.717) is 6.42 Å². The van der Waals surface area contributed by atoms with Crippen molar-refractivity contribution in [2.45, 2.75) is 32.6 Å². The number of methoxy groups -OCH3 is 2. The number of unbranched alkanes of at least 4 members (excludes halogenated alkanes) is 1. The van der Waals surface area contributed by atoms with E-state index >= 15 is 0 Å². The fourth-order valence-corrected chi connectivity index (χ4v) is 1.20. The molecule has 0 spiro atoms. The van der Waals surface area contributed by atoms with Crippen molar-refractivity contribution in [3.05, 3.63) is 0 Å². The molecule has 0 bridgehead atoms. The topological polar surface area (TPSA) is 52.6 Å². The zero-order chi connectivity index (χ0) is 11.0. The van der Waals surface area contributed by atoms with Gasteiger partial charge >= 0.3 is 11.9 Å². The van der Waals surface area contributed by atoms with Crippen molar-refractivity contribution in [2.24, 2.45) is 5.92 Å². The lowest BCUT2D eigenvalue weighted by Gasteiger charge is -2.12. The Morgan fingerprint density at radius 3 is 2.29 bits per heavy atom. The van der Waals surface area contributed by atoms with Crippen LogP contribution in [0.1, 0.15) is 32.6 Å². The summed E-state index contributed by atoms with van der Waals surface area (Å²) in [6, 6.07) is 0. The minimum Gasteiger partial charge on any atom is -0.469 e. The zero-order valence-electron chi connectivity index (χ0n) is 9.04. The summed E-state index contributed by atoms with van der Waals surface area (Å²) in [6.45, 7) is 2.03. The zero-order valence-corrected chi connectivity index (χ0v) is 9.04. The van der Waals surface area contributed by atoms with Gasteiger partial charge in [0.05, 0.1) is 26.6 Å². The summed E-state index contributed by atoms with van der Waals surface area (Å²) >= 11 is 0. The predicted octanol–water partition coefficient (Wildman–Crippen LogP) is 1.53. The maximum absolute atomic E-state index is 11.2. The van der Waals surface area contributed by atoms with Gasteiger partial charge in [-0.15, -0.1) is 0 Å². The molecule has 0 saturated carbocycles. The SMILES string of the molecule is CCCCC(CC(=O)OC)C(=O)OC. The molecule has 0 aromatic heterocycles. The van der Waals surface area contributed by atoms with Gasteiger partial charge in [0, 0.05) is 0 Å². The van der Waals surface area contributed by atoms with Gasteiger partial charge in [0.15, 0.2) is 0 Å². The molecule has 0 aliphatic heterocycles. The molecule has 14 heavy (non-hydrogen) atoms. The highest BCUT2D eigenvalue weighted by atomic mass is 16.5. The molecule has 0 rings (SSSR count). The number of carbonyl (C=O) groups is 2. The second-order valence-electron chi connectivity index (χ2n) is 3.14. The summed E-state index contributed by atoms with van der Waals surface area (Å²) in [6.07, 6.45) is 2.70. The van der Waals surface area contributed by atoms with Gasteiger partial charge in [-0.2, -0.15) is 0 Å². The Morgan fingerprint density at radius 2 is 1.86 bits per heavy atom. The maximum atomic E-state index is 11.2. The highest BCUT2D eigenvalue weighted by Crippen LogP contribution is 2.15. The van der Waals surface area contributed by atoms with Crippen LogP contribution < -0.4 is 0 Å². The third kappa shape index (κ3) is 4.84. The number of ether oxygens (including phenoxy) is 2. The summed E-state index contributed by atoms with van der Waals surface area (Å²) in [4.78, 5) is 22.2. The summed E-state index contributed by atoms with van der Waals surface area (Å²) in [5.74, 6) is -1.05. The van der Waals surface area contributed by atoms with E-state index in [4.69, 9.17) is 0 Å². The van der Waals surface area contributed by atoms with Crippen LogP contribution in [0, 0.1) is 5.92 Å². The minimum atomic E-state index is -0.364. The lowest BCUT2D eigenvalue weighted by molar-refractivity contribution is -0.152. The van der Waals surface area contributed by atoms with E-state index in [1.807, 2.05) is 6.92 Å². The first-order valence-electron chi connectivity index (χ1n) is 4.80. The Bertz CT molecular complexity index is 189. The summed E-state index contributed by atoms with van der Waals surface area (Å²) < 4.78 is 9.12. The fraction of sp³-hybridized carbons (Fsp3) is 0.800. The van der Waals surface area contributed by atoms with E-state index in [2.05, 4.69) is 9.47 Å². The number of hydrogen-bond acceptors (Lipinski definition) is 4. The van der Waals surface area contributed by atoms with Crippen molar-refractivity contribution in [3.63, 3.8) is 0 Å². The molecule has 0 heterocycles. The lowest BCUT2D eigenvalue weighted by atomic mass is 9.99. The lowest BCUT2D eigenvalue weighted by Crippen LogP contribution is -2.20. The molecule has 0 amide bonds. The third-order valence-electron chi connectivity index (χ3n) is 2.08. The molecule has 1 unspecified atom stereocenters. The molecular formula is C10H18O4. The molecule has 0 aliphatic carbocycles. The molecule has 0 aliphatic rings. The number of hydrogen-bond donors (Lipinski definition) is 0. The van der Waals surface area contributed by atoms with Gasteiger partial charge < -0.3 is 9.47 Å². The Morgan fingerprint density at radius 1 is 1.21 bits per heavy atom. The molecule has 0 aromatic carbocycles. The largest absolute Gasteiger partial charge is 0.469 e. The van der Waals surface area contributed by atoms with Crippen LogP contribution in [0.2, 0.25) is 0 Å². The third-order valence-corrected chi connectivity index (χ3v) is 2.08. The molecule has 0 saturated heterocycles. The monoisotopic (exact) mass is 202 g/mol. The van der Waals surface area contributed by atoms with Crippen molar-refractivity contribution in [2.75, 3.05) is 14.2 Å². The van der Waals surface area contributed by atoms with Gasteiger partial charge in [-0.25, -0.2) is 0 Å². The Labute approximate surface area is 84.6 Å². The van der Waals surface area contributed by atoms with Crippen LogP contribution in [0.25, 0.3) is 0 Å². The molecule has 0 radical (unpaired) electrons. The van der Waals surface area contributed by atoms with E-state index in [0.717, 1.165) is 12.8 Å². The first-order valence-corrected chi connectivity index (χ1v) is 4.80. The van der Waals surface area contributed by atoms with E-state index in [-0.39, 0.29) is 24.3 Å². The van der Waals surface area contributed by atoms with E-state index in [1.54, 1.807) is 0 Å². The van der Waals surface area contributed by atoms with Crippen LogP contribution in [-0.2, 0) is 19.1 Å².